The Bertz CT molecular complexity index is 640. The summed E-state index contributed by atoms with van der Waals surface area (Å²) in [5.41, 5.74) is 0.547. The summed E-state index contributed by atoms with van der Waals surface area (Å²) in [5, 5.41) is 13.1. The molecule has 0 amide bonds. The van der Waals surface area contributed by atoms with Crippen molar-refractivity contribution in [1.29, 1.82) is 0 Å². The van der Waals surface area contributed by atoms with Crippen molar-refractivity contribution in [2.75, 3.05) is 0 Å². The SMILES string of the molecule is Cn1cncc1-c1noc(CC2(CC(=O)O)CCCC2)n1. The van der Waals surface area contributed by atoms with Gasteiger partial charge in [-0.15, -0.1) is 0 Å². The second-order valence-corrected chi connectivity index (χ2v) is 5.86. The van der Waals surface area contributed by atoms with Gasteiger partial charge in [0.05, 0.1) is 18.9 Å². The molecule has 0 unspecified atom stereocenters. The zero-order valence-electron chi connectivity index (χ0n) is 11.9. The molecule has 3 rings (SSSR count). The van der Waals surface area contributed by atoms with Crippen LogP contribution in [0.4, 0.5) is 0 Å². The summed E-state index contributed by atoms with van der Waals surface area (Å²) >= 11 is 0. The van der Waals surface area contributed by atoms with Crippen molar-refractivity contribution in [3.63, 3.8) is 0 Å². The third-order valence-electron chi connectivity index (χ3n) is 4.23. The second kappa shape index (κ2) is 5.31. The number of aryl methyl sites for hydroxylation is 1. The van der Waals surface area contributed by atoms with Crippen LogP contribution in [0.3, 0.4) is 0 Å². The first kappa shape index (κ1) is 13.8. The molecule has 0 atom stereocenters. The van der Waals surface area contributed by atoms with E-state index in [2.05, 4.69) is 15.1 Å². The van der Waals surface area contributed by atoms with Crippen LogP contribution in [0.2, 0.25) is 0 Å². The number of carboxylic acid groups (broad SMARTS) is 1. The van der Waals surface area contributed by atoms with Crippen LogP contribution in [0, 0.1) is 5.41 Å². The molecule has 7 heteroatoms. The Kier molecular flexibility index (Phi) is 3.48. The van der Waals surface area contributed by atoms with Crippen molar-refractivity contribution in [2.45, 2.75) is 38.5 Å². The van der Waals surface area contributed by atoms with Gasteiger partial charge < -0.3 is 14.2 Å². The lowest BCUT2D eigenvalue weighted by molar-refractivity contribution is -0.139. The first-order valence-electron chi connectivity index (χ1n) is 7.09. The van der Waals surface area contributed by atoms with Gasteiger partial charge >= 0.3 is 5.97 Å². The molecule has 0 bridgehead atoms. The van der Waals surface area contributed by atoms with Crippen molar-refractivity contribution in [3.8, 4) is 11.5 Å². The minimum Gasteiger partial charge on any atom is -0.481 e. The van der Waals surface area contributed by atoms with Crippen molar-refractivity contribution < 1.29 is 14.4 Å². The maximum Gasteiger partial charge on any atom is 0.303 e. The molecule has 21 heavy (non-hydrogen) atoms. The molecule has 7 nitrogen and oxygen atoms in total. The highest BCUT2D eigenvalue weighted by Gasteiger charge is 2.38. The van der Waals surface area contributed by atoms with Crippen molar-refractivity contribution in [1.82, 2.24) is 19.7 Å². The van der Waals surface area contributed by atoms with Crippen LogP contribution in [0.15, 0.2) is 17.0 Å². The van der Waals surface area contributed by atoms with Crippen molar-refractivity contribution in [2.24, 2.45) is 12.5 Å². The quantitative estimate of drug-likeness (QED) is 0.905. The largest absolute Gasteiger partial charge is 0.481 e. The van der Waals surface area contributed by atoms with Crippen LogP contribution in [0.5, 0.6) is 0 Å². The highest BCUT2D eigenvalue weighted by atomic mass is 16.5. The molecule has 1 N–H and O–H groups in total. The van der Waals surface area contributed by atoms with Crippen LogP contribution in [0.25, 0.3) is 11.5 Å². The first-order valence-corrected chi connectivity index (χ1v) is 7.09. The Morgan fingerprint density at radius 3 is 2.86 bits per heavy atom. The van der Waals surface area contributed by atoms with Gasteiger partial charge in [-0.1, -0.05) is 18.0 Å². The molecular formula is C14H18N4O3. The zero-order chi connectivity index (χ0) is 14.9. The van der Waals surface area contributed by atoms with E-state index >= 15 is 0 Å². The van der Waals surface area contributed by atoms with Crippen molar-refractivity contribution in [3.05, 3.63) is 18.4 Å². The minimum absolute atomic E-state index is 0.163. The molecular weight excluding hydrogens is 272 g/mol. The minimum atomic E-state index is -0.761. The van der Waals surface area contributed by atoms with E-state index in [0.29, 0.717) is 18.1 Å². The normalized spacial score (nSPS) is 17.2. The maximum absolute atomic E-state index is 11.1. The predicted octanol–water partition coefficient (Wildman–Crippen LogP) is 2.05. The average molecular weight is 290 g/mol. The molecule has 1 fully saturated rings. The van der Waals surface area contributed by atoms with E-state index in [4.69, 9.17) is 9.63 Å². The molecule has 0 aliphatic heterocycles. The Morgan fingerprint density at radius 2 is 2.24 bits per heavy atom. The molecule has 1 aliphatic carbocycles. The molecule has 0 aromatic carbocycles. The van der Waals surface area contributed by atoms with E-state index in [0.717, 1.165) is 31.4 Å². The molecule has 112 valence electrons. The van der Waals surface area contributed by atoms with Crippen LogP contribution in [-0.2, 0) is 18.3 Å². The van der Waals surface area contributed by atoms with E-state index in [1.165, 1.54) is 0 Å². The Hall–Kier alpha value is -2.18. The van der Waals surface area contributed by atoms with Gasteiger partial charge in [-0.05, 0) is 18.3 Å². The number of hydrogen-bond acceptors (Lipinski definition) is 5. The lowest BCUT2D eigenvalue weighted by atomic mass is 9.79. The summed E-state index contributed by atoms with van der Waals surface area (Å²) in [7, 11) is 1.86. The van der Waals surface area contributed by atoms with E-state index in [1.54, 1.807) is 12.5 Å². The van der Waals surface area contributed by atoms with Gasteiger partial charge in [0.25, 0.3) is 0 Å². The topological polar surface area (TPSA) is 94.0 Å². The van der Waals surface area contributed by atoms with Gasteiger partial charge in [0.1, 0.15) is 5.69 Å². The molecule has 2 aromatic heterocycles. The van der Waals surface area contributed by atoms with E-state index in [9.17, 15) is 4.79 Å². The first-order chi connectivity index (χ1) is 10.1. The van der Waals surface area contributed by atoms with Crippen molar-refractivity contribution >= 4 is 5.97 Å². The highest BCUT2D eigenvalue weighted by Crippen LogP contribution is 2.43. The molecule has 0 saturated heterocycles. The highest BCUT2D eigenvalue weighted by molar-refractivity contribution is 5.67. The van der Waals surface area contributed by atoms with E-state index < -0.39 is 5.97 Å². The number of imidazole rings is 1. The molecule has 1 aliphatic rings. The zero-order valence-corrected chi connectivity index (χ0v) is 11.9. The Morgan fingerprint density at radius 1 is 1.48 bits per heavy atom. The number of carboxylic acids is 1. The standard InChI is InChI=1S/C14H18N4O3/c1-18-9-15-8-10(18)13-16-11(21-17-13)6-14(7-12(19)20)4-2-3-5-14/h8-9H,2-7H2,1H3,(H,19,20). The summed E-state index contributed by atoms with van der Waals surface area (Å²) in [4.78, 5) is 19.5. The Labute approximate surface area is 122 Å². The number of carbonyl (C=O) groups is 1. The van der Waals surface area contributed by atoms with Gasteiger partial charge in [0.15, 0.2) is 0 Å². The van der Waals surface area contributed by atoms with Crippen LogP contribution < -0.4 is 0 Å². The second-order valence-electron chi connectivity index (χ2n) is 5.86. The predicted molar refractivity (Wildman–Crippen MR) is 73.4 cm³/mol. The Balaban J connectivity index is 1.80. The molecule has 0 radical (unpaired) electrons. The fraction of sp³-hybridized carbons (Fsp3) is 0.571. The monoisotopic (exact) mass is 290 g/mol. The summed E-state index contributed by atoms with van der Waals surface area (Å²) in [5.74, 6) is 0.242. The fourth-order valence-electron chi connectivity index (χ4n) is 3.19. The number of nitrogens with zero attached hydrogens (tertiary/aromatic N) is 4. The van der Waals surface area contributed by atoms with Gasteiger partial charge in [-0.25, -0.2) is 4.98 Å². The molecule has 2 aromatic rings. The maximum atomic E-state index is 11.1. The summed E-state index contributed by atoms with van der Waals surface area (Å²) in [6.07, 6.45) is 7.99. The fourth-order valence-corrected chi connectivity index (χ4v) is 3.19. The van der Waals surface area contributed by atoms with Gasteiger partial charge in [-0.2, -0.15) is 4.98 Å². The third-order valence-corrected chi connectivity index (χ3v) is 4.23. The number of hydrogen-bond donors (Lipinski definition) is 1. The summed E-state index contributed by atoms with van der Waals surface area (Å²) < 4.78 is 7.13. The van der Waals surface area contributed by atoms with E-state index in [-0.39, 0.29) is 11.8 Å². The van der Waals surface area contributed by atoms with Crippen LogP contribution in [0.1, 0.15) is 38.0 Å². The van der Waals surface area contributed by atoms with Gasteiger partial charge in [0, 0.05) is 13.5 Å². The van der Waals surface area contributed by atoms with Crippen LogP contribution >= 0.6 is 0 Å². The molecule has 0 spiro atoms. The average Bonchev–Trinajstić information content (AvgIpc) is 3.11. The third kappa shape index (κ3) is 2.81. The molecule has 2 heterocycles. The molecule has 1 saturated carbocycles. The number of aliphatic carboxylic acids is 1. The lowest BCUT2D eigenvalue weighted by Crippen LogP contribution is -2.23. The van der Waals surface area contributed by atoms with Crippen LogP contribution in [-0.4, -0.2) is 30.8 Å². The summed E-state index contributed by atoms with van der Waals surface area (Å²) in [6.45, 7) is 0. The summed E-state index contributed by atoms with van der Waals surface area (Å²) in [6, 6.07) is 0. The smallest absolute Gasteiger partial charge is 0.303 e. The van der Waals surface area contributed by atoms with E-state index in [1.807, 2.05) is 11.6 Å². The number of aromatic nitrogens is 4. The van der Waals surface area contributed by atoms with Gasteiger partial charge in [-0.3, -0.25) is 4.79 Å². The number of rotatable bonds is 5. The lowest BCUT2D eigenvalue weighted by Gasteiger charge is -2.24. The van der Waals surface area contributed by atoms with Gasteiger partial charge in [0.2, 0.25) is 11.7 Å².